The van der Waals surface area contributed by atoms with E-state index in [9.17, 15) is 14.3 Å². The second-order valence-corrected chi connectivity index (χ2v) is 5.39. The highest BCUT2D eigenvalue weighted by Gasteiger charge is 2.31. The monoisotopic (exact) mass is 266 g/mol. The number of aliphatic hydroxyl groups excluding tert-OH is 1. The fourth-order valence-electron chi connectivity index (χ4n) is 2.14. The highest BCUT2D eigenvalue weighted by atomic mass is 19.1. The first kappa shape index (κ1) is 13.8. The summed E-state index contributed by atoms with van der Waals surface area (Å²) in [7, 11) is 0. The van der Waals surface area contributed by atoms with Crippen LogP contribution in [0.2, 0.25) is 0 Å². The van der Waals surface area contributed by atoms with Gasteiger partial charge in [-0.15, -0.1) is 0 Å². The number of benzene rings is 1. The van der Waals surface area contributed by atoms with E-state index in [1.165, 1.54) is 24.3 Å². The third kappa shape index (κ3) is 3.44. The molecule has 1 aliphatic rings. The number of nitrogens with one attached hydrogen (secondary N) is 1. The van der Waals surface area contributed by atoms with Crippen molar-refractivity contribution >= 4 is 11.7 Å². The van der Waals surface area contributed by atoms with Crippen molar-refractivity contribution in [1.29, 1.82) is 0 Å². The van der Waals surface area contributed by atoms with Crippen LogP contribution in [-0.2, 0) is 0 Å². The molecule has 19 heavy (non-hydrogen) atoms. The van der Waals surface area contributed by atoms with Crippen LogP contribution in [0.1, 0.15) is 19.8 Å². The summed E-state index contributed by atoms with van der Waals surface area (Å²) in [6.07, 6.45) is 1.58. The van der Waals surface area contributed by atoms with E-state index in [0.29, 0.717) is 18.8 Å². The van der Waals surface area contributed by atoms with Gasteiger partial charge in [-0.3, -0.25) is 0 Å². The van der Waals surface area contributed by atoms with Gasteiger partial charge in [0.25, 0.3) is 0 Å². The zero-order valence-electron chi connectivity index (χ0n) is 11.0. The minimum absolute atomic E-state index is 0.0767. The van der Waals surface area contributed by atoms with Crippen LogP contribution in [0.3, 0.4) is 0 Å². The molecular weight excluding hydrogens is 247 g/mol. The predicted molar refractivity (Wildman–Crippen MR) is 71.4 cm³/mol. The molecule has 2 amide bonds. The van der Waals surface area contributed by atoms with Crippen LogP contribution < -0.4 is 5.32 Å². The molecule has 0 bridgehead atoms. The first-order valence-electron chi connectivity index (χ1n) is 6.45. The average molecular weight is 266 g/mol. The Morgan fingerprint density at radius 1 is 1.37 bits per heavy atom. The zero-order valence-corrected chi connectivity index (χ0v) is 11.0. The number of anilines is 1. The van der Waals surface area contributed by atoms with Crippen LogP contribution in [-0.4, -0.2) is 35.7 Å². The lowest BCUT2D eigenvalue weighted by Crippen LogP contribution is -2.45. The second kappa shape index (κ2) is 5.57. The number of rotatable bonds is 2. The minimum Gasteiger partial charge on any atom is -0.396 e. The Bertz CT molecular complexity index is 439. The smallest absolute Gasteiger partial charge is 0.321 e. The quantitative estimate of drug-likeness (QED) is 0.864. The Kier molecular flexibility index (Phi) is 4.04. The Balaban J connectivity index is 1.89. The number of amides is 2. The summed E-state index contributed by atoms with van der Waals surface area (Å²) < 4.78 is 12.8. The average Bonchev–Trinajstić information content (AvgIpc) is 2.42. The van der Waals surface area contributed by atoms with Gasteiger partial charge in [-0.1, -0.05) is 6.92 Å². The van der Waals surface area contributed by atoms with E-state index in [2.05, 4.69) is 5.32 Å². The first-order valence-corrected chi connectivity index (χ1v) is 6.45. The maximum absolute atomic E-state index is 12.8. The Morgan fingerprint density at radius 2 is 1.95 bits per heavy atom. The number of carbonyl (C=O) groups excluding carboxylic acids is 1. The normalized spacial score (nSPS) is 18.2. The fourth-order valence-corrected chi connectivity index (χ4v) is 2.14. The van der Waals surface area contributed by atoms with Gasteiger partial charge in [0.15, 0.2) is 0 Å². The van der Waals surface area contributed by atoms with Gasteiger partial charge in [0.1, 0.15) is 5.82 Å². The van der Waals surface area contributed by atoms with Gasteiger partial charge in [-0.2, -0.15) is 0 Å². The van der Waals surface area contributed by atoms with E-state index in [1.807, 2.05) is 6.92 Å². The molecule has 1 aromatic carbocycles. The largest absolute Gasteiger partial charge is 0.396 e. The molecular formula is C14H19FN2O2. The topological polar surface area (TPSA) is 52.6 Å². The summed E-state index contributed by atoms with van der Waals surface area (Å²) in [5.74, 6) is -0.324. The van der Waals surface area contributed by atoms with E-state index in [1.54, 1.807) is 4.90 Å². The highest BCUT2D eigenvalue weighted by molar-refractivity contribution is 5.89. The summed E-state index contributed by atoms with van der Waals surface area (Å²) in [5, 5.41) is 12.0. The maximum Gasteiger partial charge on any atom is 0.321 e. The molecule has 0 saturated carbocycles. The van der Waals surface area contributed by atoms with Crippen molar-refractivity contribution in [2.45, 2.75) is 19.8 Å². The predicted octanol–water partition coefficient (Wildman–Crippen LogP) is 2.45. The number of hydrogen-bond donors (Lipinski definition) is 2. The van der Waals surface area contributed by atoms with Gasteiger partial charge in [-0.05, 0) is 42.5 Å². The number of halogens is 1. The first-order chi connectivity index (χ1) is 9.02. The summed E-state index contributed by atoms with van der Waals surface area (Å²) in [4.78, 5) is 13.7. The Labute approximate surface area is 112 Å². The molecule has 0 atom stereocenters. The van der Waals surface area contributed by atoms with Gasteiger partial charge in [-0.25, -0.2) is 9.18 Å². The van der Waals surface area contributed by atoms with Crippen molar-refractivity contribution in [3.63, 3.8) is 0 Å². The molecule has 5 heteroatoms. The van der Waals surface area contributed by atoms with Gasteiger partial charge in [0.2, 0.25) is 0 Å². The molecule has 1 aromatic rings. The fraction of sp³-hybridized carbons (Fsp3) is 0.500. The number of hydrogen-bond acceptors (Lipinski definition) is 2. The van der Waals surface area contributed by atoms with Crippen molar-refractivity contribution in [3.8, 4) is 0 Å². The van der Waals surface area contributed by atoms with Crippen molar-refractivity contribution in [3.05, 3.63) is 30.1 Å². The van der Waals surface area contributed by atoms with Crippen molar-refractivity contribution in [2.24, 2.45) is 5.41 Å². The standard InChI is InChI=1S/C14H19FN2O2/c1-14(10-18)6-8-17(9-7-14)13(19)16-12-4-2-11(15)3-5-12/h2-5,18H,6-10H2,1H3,(H,16,19). The molecule has 1 saturated heterocycles. The molecule has 0 spiro atoms. The number of aliphatic hydroxyl groups is 1. The van der Waals surface area contributed by atoms with Gasteiger partial charge >= 0.3 is 6.03 Å². The van der Waals surface area contributed by atoms with Crippen LogP contribution in [0, 0.1) is 11.2 Å². The summed E-state index contributed by atoms with van der Waals surface area (Å²) >= 11 is 0. The summed E-state index contributed by atoms with van der Waals surface area (Å²) in [5.41, 5.74) is 0.508. The number of carbonyl (C=O) groups is 1. The van der Waals surface area contributed by atoms with Crippen molar-refractivity contribution in [1.82, 2.24) is 4.90 Å². The van der Waals surface area contributed by atoms with Crippen LogP contribution in [0.25, 0.3) is 0 Å². The van der Waals surface area contributed by atoms with Crippen LogP contribution >= 0.6 is 0 Å². The SMILES string of the molecule is CC1(CO)CCN(C(=O)Nc2ccc(F)cc2)CC1. The lowest BCUT2D eigenvalue weighted by Gasteiger charge is -2.38. The lowest BCUT2D eigenvalue weighted by atomic mass is 9.81. The molecule has 104 valence electrons. The number of nitrogens with zero attached hydrogens (tertiary/aromatic N) is 1. The molecule has 2 rings (SSSR count). The van der Waals surface area contributed by atoms with E-state index in [4.69, 9.17) is 0 Å². The van der Waals surface area contributed by atoms with E-state index < -0.39 is 0 Å². The molecule has 1 fully saturated rings. The molecule has 0 unspecified atom stereocenters. The Hall–Kier alpha value is -1.62. The summed E-state index contributed by atoms with van der Waals surface area (Å²) in [6.45, 7) is 3.44. The third-order valence-electron chi connectivity index (χ3n) is 3.73. The van der Waals surface area contributed by atoms with Crippen LogP contribution in [0.15, 0.2) is 24.3 Å². The van der Waals surface area contributed by atoms with Crippen molar-refractivity contribution in [2.75, 3.05) is 25.0 Å². The van der Waals surface area contributed by atoms with Gasteiger partial charge in [0, 0.05) is 25.4 Å². The third-order valence-corrected chi connectivity index (χ3v) is 3.73. The molecule has 0 aromatic heterocycles. The minimum atomic E-state index is -0.324. The maximum atomic E-state index is 12.8. The zero-order chi connectivity index (χ0) is 13.9. The van der Waals surface area contributed by atoms with Crippen molar-refractivity contribution < 1.29 is 14.3 Å². The molecule has 2 N–H and O–H groups in total. The van der Waals surface area contributed by atoms with E-state index >= 15 is 0 Å². The number of likely N-dealkylation sites (tertiary alicyclic amines) is 1. The second-order valence-electron chi connectivity index (χ2n) is 5.39. The van der Waals surface area contributed by atoms with Gasteiger partial charge < -0.3 is 15.3 Å². The van der Waals surface area contributed by atoms with Crippen LogP contribution in [0.5, 0.6) is 0 Å². The molecule has 0 radical (unpaired) electrons. The molecule has 0 aliphatic carbocycles. The molecule has 1 aliphatic heterocycles. The Morgan fingerprint density at radius 3 is 2.47 bits per heavy atom. The van der Waals surface area contributed by atoms with Crippen LogP contribution in [0.4, 0.5) is 14.9 Å². The lowest BCUT2D eigenvalue weighted by molar-refractivity contribution is 0.0728. The molecule has 1 heterocycles. The summed E-state index contributed by atoms with van der Waals surface area (Å²) in [6, 6.07) is 5.53. The van der Waals surface area contributed by atoms with Gasteiger partial charge in [0.05, 0.1) is 0 Å². The number of piperidine rings is 1. The number of urea groups is 1. The van der Waals surface area contributed by atoms with E-state index in [0.717, 1.165) is 12.8 Å². The molecule has 4 nitrogen and oxygen atoms in total. The van der Waals surface area contributed by atoms with E-state index in [-0.39, 0.29) is 23.9 Å². The highest BCUT2D eigenvalue weighted by Crippen LogP contribution is 2.30.